The van der Waals surface area contributed by atoms with Crippen molar-refractivity contribution >= 4 is 23.4 Å². The van der Waals surface area contributed by atoms with E-state index in [-0.39, 0.29) is 0 Å². The molecule has 104 valence electrons. The molecule has 0 amide bonds. The van der Waals surface area contributed by atoms with Crippen LogP contribution in [0.1, 0.15) is 36.1 Å². The number of piperidine rings is 1. The Labute approximate surface area is 117 Å². The molecule has 2 rings (SSSR count). The summed E-state index contributed by atoms with van der Waals surface area (Å²) in [4.78, 5) is 18.2. The summed E-state index contributed by atoms with van der Waals surface area (Å²) in [6.07, 6.45) is 9.41. The number of hydrogen-bond donors (Lipinski definition) is 1. The van der Waals surface area contributed by atoms with Gasteiger partial charge in [0.05, 0.1) is 5.01 Å². The third kappa shape index (κ3) is 4.44. The number of rotatable bonds is 5. The summed E-state index contributed by atoms with van der Waals surface area (Å²) >= 11 is 1.58. The van der Waals surface area contributed by atoms with Gasteiger partial charge in [-0.15, -0.1) is 11.3 Å². The molecule has 0 spiro atoms. The van der Waals surface area contributed by atoms with E-state index in [1.54, 1.807) is 23.6 Å². The molecule has 1 unspecified atom stereocenters. The van der Waals surface area contributed by atoms with Crippen molar-refractivity contribution in [3.8, 4) is 0 Å². The van der Waals surface area contributed by atoms with Gasteiger partial charge in [0.15, 0.2) is 0 Å². The third-order valence-corrected chi connectivity index (χ3v) is 4.54. The van der Waals surface area contributed by atoms with Crippen molar-refractivity contribution in [3.05, 3.63) is 22.2 Å². The third-order valence-electron chi connectivity index (χ3n) is 3.52. The molecule has 1 aromatic rings. The number of nitrogens with zero attached hydrogens (tertiary/aromatic N) is 2. The van der Waals surface area contributed by atoms with Crippen molar-refractivity contribution in [2.75, 3.05) is 13.1 Å². The van der Waals surface area contributed by atoms with Crippen LogP contribution in [0.25, 0.3) is 6.08 Å². The summed E-state index contributed by atoms with van der Waals surface area (Å²) in [5, 5.41) is 9.66. The van der Waals surface area contributed by atoms with E-state index in [4.69, 9.17) is 5.11 Å². The minimum Gasteiger partial charge on any atom is -0.478 e. The normalized spacial score (nSPS) is 21.0. The zero-order valence-electron chi connectivity index (χ0n) is 11.2. The Bertz CT molecular complexity index is 456. The highest BCUT2D eigenvalue weighted by atomic mass is 32.1. The maximum atomic E-state index is 10.4. The maximum Gasteiger partial charge on any atom is 0.328 e. The molecular formula is C14H20N2O2S. The first-order valence-corrected chi connectivity index (χ1v) is 7.56. The van der Waals surface area contributed by atoms with Gasteiger partial charge in [0.1, 0.15) is 0 Å². The van der Waals surface area contributed by atoms with E-state index in [2.05, 4.69) is 16.8 Å². The Morgan fingerprint density at radius 2 is 2.47 bits per heavy atom. The fourth-order valence-corrected chi connectivity index (χ4v) is 3.21. The largest absolute Gasteiger partial charge is 0.478 e. The summed E-state index contributed by atoms with van der Waals surface area (Å²) in [6, 6.07) is 0.681. The quantitative estimate of drug-likeness (QED) is 0.843. The van der Waals surface area contributed by atoms with E-state index in [0.717, 1.165) is 28.9 Å². The van der Waals surface area contributed by atoms with Crippen LogP contribution in [-0.4, -0.2) is 40.1 Å². The molecule has 1 atom stereocenters. The molecule has 0 saturated carbocycles. The summed E-state index contributed by atoms with van der Waals surface area (Å²) in [7, 11) is 0. The smallest absolute Gasteiger partial charge is 0.328 e. The second-order valence-corrected chi connectivity index (χ2v) is 6.11. The fraction of sp³-hybridized carbons (Fsp3) is 0.571. The van der Waals surface area contributed by atoms with Crippen molar-refractivity contribution < 1.29 is 9.90 Å². The van der Waals surface area contributed by atoms with Gasteiger partial charge in [-0.3, -0.25) is 0 Å². The van der Waals surface area contributed by atoms with Crippen LogP contribution in [-0.2, 0) is 11.2 Å². The number of thiazole rings is 1. The standard InChI is InChI=1S/C14H20N2O2S/c1-11-4-2-3-8-16(11)9-7-13-15-10-12(19-13)5-6-14(17)18/h5-6,10-11H,2-4,7-9H2,1H3,(H,17,18)/b6-5+. The molecule has 0 bridgehead atoms. The Morgan fingerprint density at radius 3 is 3.21 bits per heavy atom. The molecule has 0 aliphatic carbocycles. The molecule has 1 fully saturated rings. The van der Waals surface area contributed by atoms with Gasteiger partial charge in [0, 0.05) is 36.2 Å². The number of hydrogen-bond acceptors (Lipinski definition) is 4. The maximum absolute atomic E-state index is 10.4. The van der Waals surface area contributed by atoms with Crippen LogP contribution in [0.5, 0.6) is 0 Å². The molecule has 1 aliphatic rings. The second kappa shape index (κ2) is 6.82. The molecule has 1 aliphatic heterocycles. The minimum atomic E-state index is -0.919. The molecule has 1 aromatic heterocycles. The van der Waals surface area contributed by atoms with Gasteiger partial charge in [-0.1, -0.05) is 6.42 Å². The molecule has 1 saturated heterocycles. The zero-order chi connectivity index (χ0) is 13.7. The van der Waals surface area contributed by atoms with Gasteiger partial charge < -0.3 is 10.0 Å². The van der Waals surface area contributed by atoms with Crippen molar-refractivity contribution in [3.63, 3.8) is 0 Å². The van der Waals surface area contributed by atoms with Crippen molar-refractivity contribution in [1.29, 1.82) is 0 Å². The minimum absolute atomic E-state index is 0.681. The molecule has 19 heavy (non-hydrogen) atoms. The van der Waals surface area contributed by atoms with Crippen LogP contribution in [0.4, 0.5) is 0 Å². The second-order valence-electron chi connectivity index (χ2n) is 4.96. The van der Waals surface area contributed by atoms with Gasteiger partial charge >= 0.3 is 5.97 Å². The molecule has 4 nitrogen and oxygen atoms in total. The van der Waals surface area contributed by atoms with Crippen LogP contribution in [0.15, 0.2) is 12.3 Å². The summed E-state index contributed by atoms with van der Waals surface area (Å²) in [5.74, 6) is -0.919. The highest BCUT2D eigenvalue weighted by Gasteiger charge is 2.17. The number of likely N-dealkylation sites (tertiary alicyclic amines) is 1. The van der Waals surface area contributed by atoms with Crippen molar-refractivity contribution in [1.82, 2.24) is 9.88 Å². The first kappa shape index (κ1) is 14.2. The number of carboxylic acid groups (broad SMARTS) is 1. The van der Waals surface area contributed by atoms with Crippen LogP contribution in [0.3, 0.4) is 0 Å². The summed E-state index contributed by atoms with van der Waals surface area (Å²) in [6.45, 7) is 4.54. The first-order chi connectivity index (χ1) is 9.15. The Morgan fingerprint density at radius 1 is 1.63 bits per heavy atom. The highest BCUT2D eigenvalue weighted by Crippen LogP contribution is 2.19. The molecule has 1 N–H and O–H groups in total. The number of carboxylic acids is 1. The van der Waals surface area contributed by atoms with Gasteiger partial charge in [0.25, 0.3) is 0 Å². The lowest BCUT2D eigenvalue weighted by atomic mass is 10.0. The van der Waals surface area contributed by atoms with Crippen LogP contribution < -0.4 is 0 Å². The molecule has 2 heterocycles. The molecular weight excluding hydrogens is 260 g/mol. The Kier molecular flexibility index (Phi) is 5.10. The van der Waals surface area contributed by atoms with E-state index >= 15 is 0 Å². The Balaban J connectivity index is 1.84. The van der Waals surface area contributed by atoms with Crippen molar-refractivity contribution in [2.45, 2.75) is 38.6 Å². The zero-order valence-corrected chi connectivity index (χ0v) is 12.0. The summed E-state index contributed by atoms with van der Waals surface area (Å²) < 4.78 is 0. The van der Waals surface area contributed by atoms with E-state index in [1.165, 1.54) is 25.8 Å². The average Bonchev–Trinajstić information content (AvgIpc) is 2.83. The predicted molar refractivity (Wildman–Crippen MR) is 77.4 cm³/mol. The van der Waals surface area contributed by atoms with Gasteiger partial charge in [0.2, 0.25) is 0 Å². The van der Waals surface area contributed by atoms with E-state index in [1.807, 2.05) is 0 Å². The monoisotopic (exact) mass is 280 g/mol. The van der Waals surface area contributed by atoms with Crippen LogP contribution in [0, 0.1) is 0 Å². The fourth-order valence-electron chi connectivity index (χ4n) is 2.40. The first-order valence-electron chi connectivity index (χ1n) is 6.75. The number of carbonyl (C=O) groups is 1. The topological polar surface area (TPSA) is 53.4 Å². The van der Waals surface area contributed by atoms with Gasteiger partial charge in [-0.05, 0) is 32.4 Å². The Hall–Kier alpha value is -1.20. The molecule has 5 heteroatoms. The lowest BCUT2D eigenvalue weighted by Crippen LogP contribution is -2.38. The lowest BCUT2D eigenvalue weighted by Gasteiger charge is -2.32. The van der Waals surface area contributed by atoms with Crippen LogP contribution in [0.2, 0.25) is 0 Å². The van der Waals surface area contributed by atoms with E-state index in [0.29, 0.717) is 6.04 Å². The molecule has 0 aromatic carbocycles. The summed E-state index contributed by atoms with van der Waals surface area (Å²) in [5.41, 5.74) is 0. The van der Waals surface area contributed by atoms with Crippen molar-refractivity contribution in [2.24, 2.45) is 0 Å². The molecule has 0 radical (unpaired) electrons. The van der Waals surface area contributed by atoms with Crippen LogP contribution >= 0.6 is 11.3 Å². The average molecular weight is 280 g/mol. The van der Waals surface area contributed by atoms with Gasteiger partial charge in [-0.25, -0.2) is 9.78 Å². The lowest BCUT2D eigenvalue weighted by molar-refractivity contribution is -0.131. The number of aromatic nitrogens is 1. The SMILES string of the molecule is CC1CCCCN1CCc1ncc(/C=C/C(=O)O)s1. The predicted octanol–water partition coefficient (Wildman–Crippen LogP) is 2.66. The van der Waals surface area contributed by atoms with Gasteiger partial charge in [-0.2, -0.15) is 0 Å². The highest BCUT2D eigenvalue weighted by molar-refractivity contribution is 7.12. The van der Waals surface area contributed by atoms with E-state index < -0.39 is 5.97 Å². The van der Waals surface area contributed by atoms with E-state index in [9.17, 15) is 4.79 Å². The number of aliphatic carboxylic acids is 1.